The number of nitrogens with one attached hydrogen (secondary N) is 1. The number of methoxy groups -OCH3 is 2. The first kappa shape index (κ1) is 21.0. The lowest BCUT2D eigenvalue weighted by Gasteiger charge is -2.15. The second-order valence-electron chi connectivity index (χ2n) is 6.94. The van der Waals surface area contributed by atoms with E-state index in [4.69, 9.17) is 14.2 Å². The van der Waals surface area contributed by atoms with Crippen LogP contribution in [0.2, 0.25) is 0 Å². The third-order valence-electron chi connectivity index (χ3n) is 4.83. The van der Waals surface area contributed by atoms with Crippen LogP contribution in [0.3, 0.4) is 0 Å². The molecule has 0 radical (unpaired) electrons. The maximum Gasteiger partial charge on any atom is 0.160 e. The van der Waals surface area contributed by atoms with Gasteiger partial charge in [-0.3, -0.25) is 0 Å². The van der Waals surface area contributed by atoms with E-state index in [0.29, 0.717) is 6.54 Å². The van der Waals surface area contributed by atoms with Crippen LogP contribution in [-0.2, 0) is 6.42 Å². The maximum absolute atomic E-state index is 10.2. The van der Waals surface area contributed by atoms with E-state index in [0.717, 1.165) is 47.4 Å². The zero-order chi connectivity index (χ0) is 20.5. The van der Waals surface area contributed by atoms with Crippen LogP contribution in [0.15, 0.2) is 60.7 Å². The van der Waals surface area contributed by atoms with Crippen LogP contribution in [0.25, 0.3) is 10.8 Å². The molecule has 0 spiro atoms. The van der Waals surface area contributed by atoms with Crippen molar-refractivity contribution < 1.29 is 19.3 Å². The molecule has 0 aliphatic carbocycles. The van der Waals surface area contributed by atoms with Crippen LogP contribution in [-0.4, -0.2) is 45.1 Å². The van der Waals surface area contributed by atoms with Crippen LogP contribution in [0.1, 0.15) is 12.0 Å². The highest BCUT2D eigenvalue weighted by atomic mass is 16.5. The van der Waals surface area contributed by atoms with E-state index >= 15 is 0 Å². The fourth-order valence-corrected chi connectivity index (χ4v) is 3.29. The number of benzene rings is 3. The highest BCUT2D eigenvalue weighted by molar-refractivity contribution is 5.88. The minimum atomic E-state index is -0.560. The fourth-order valence-electron chi connectivity index (χ4n) is 3.29. The molecule has 0 saturated carbocycles. The van der Waals surface area contributed by atoms with Gasteiger partial charge in [-0.05, 0) is 48.5 Å². The second-order valence-corrected chi connectivity index (χ2v) is 6.94. The Balaban J connectivity index is 1.37. The highest BCUT2D eigenvalue weighted by Gasteiger charge is 2.08. The number of hydrogen-bond acceptors (Lipinski definition) is 5. The molecule has 0 amide bonds. The minimum absolute atomic E-state index is 0.261. The van der Waals surface area contributed by atoms with E-state index in [2.05, 4.69) is 17.4 Å². The summed E-state index contributed by atoms with van der Waals surface area (Å²) in [6, 6.07) is 20.0. The van der Waals surface area contributed by atoms with Gasteiger partial charge in [-0.2, -0.15) is 0 Å². The monoisotopic (exact) mass is 395 g/mol. The largest absolute Gasteiger partial charge is 0.493 e. The number of aryl methyl sites for hydroxylation is 1. The van der Waals surface area contributed by atoms with Crippen molar-refractivity contribution in [2.45, 2.75) is 18.9 Å². The zero-order valence-corrected chi connectivity index (χ0v) is 17.1. The number of hydrogen-bond donors (Lipinski definition) is 2. The number of aliphatic hydroxyl groups excluding tert-OH is 1. The molecule has 0 aromatic heterocycles. The van der Waals surface area contributed by atoms with E-state index in [1.165, 1.54) is 5.56 Å². The summed E-state index contributed by atoms with van der Waals surface area (Å²) in [5.41, 5.74) is 1.20. The maximum atomic E-state index is 10.2. The van der Waals surface area contributed by atoms with Gasteiger partial charge in [-0.15, -0.1) is 0 Å². The molecule has 1 unspecified atom stereocenters. The van der Waals surface area contributed by atoms with Gasteiger partial charge in [-0.25, -0.2) is 0 Å². The van der Waals surface area contributed by atoms with Gasteiger partial charge in [0.2, 0.25) is 0 Å². The molecule has 1 atom stereocenters. The summed E-state index contributed by atoms with van der Waals surface area (Å²) in [6.45, 7) is 1.58. The van der Waals surface area contributed by atoms with Gasteiger partial charge in [-0.1, -0.05) is 42.5 Å². The van der Waals surface area contributed by atoms with Gasteiger partial charge >= 0.3 is 0 Å². The summed E-state index contributed by atoms with van der Waals surface area (Å²) in [5.74, 6) is 2.29. The van der Waals surface area contributed by atoms with Crippen molar-refractivity contribution in [1.82, 2.24) is 5.32 Å². The predicted octanol–water partition coefficient (Wildman–Crippen LogP) is 3.82. The standard InChI is InChI=1S/C24H29NO4/c1-27-23-13-12-18(15-24(23)28-2)7-6-14-25-16-20(26)17-29-22-11-5-9-19-8-3-4-10-21(19)22/h3-5,8-13,15,20,25-26H,6-7,14,16-17H2,1-2H3. The molecule has 5 heteroatoms. The Hall–Kier alpha value is -2.76. The average molecular weight is 395 g/mol. The molecule has 0 aliphatic heterocycles. The van der Waals surface area contributed by atoms with Gasteiger partial charge < -0.3 is 24.6 Å². The Morgan fingerprint density at radius 3 is 2.52 bits per heavy atom. The van der Waals surface area contributed by atoms with Crippen LogP contribution >= 0.6 is 0 Å². The van der Waals surface area contributed by atoms with Crippen molar-refractivity contribution in [2.75, 3.05) is 33.9 Å². The first-order chi connectivity index (χ1) is 14.2. The molecule has 0 bridgehead atoms. The summed E-state index contributed by atoms with van der Waals surface area (Å²) in [5, 5.41) is 15.7. The molecule has 3 rings (SSSR count). The van der Waals surface area contributed by atoms with Crippen molar-refractivity contribution in [3.05, 3.63) is 66.2 Å². The minimum Gasteiger partial charge on any atom is -0.493 e. The summed E-state index contributed by atoms with van der Waals surface area (Å²) in [7, 11) is 3.28. The van der Waals surface area contributed by atoms with E-state index in [9.17, 15) is 5.11 Å². The smallest absolute Gasteiger partial charge is 0.160 e. The summed E-state index contributed by atoms with van der Waals surface area (Å²) in [4.78, 5) is 0. The van der Waals surface area contributed by atoms with E-state index in [1.54, 1.807) is 14.2 Å². The number of ether oxygens (including phenoxy) is 3. The molecule has 29 heavy (non-hydrogen) atoms. The van der Waals surface area contributed by atoms with Crippen LogP contribution in [0.4, 0.5) is 0 Å². The van der Waals surface area contributed by atoms with Gasteiger partial charge in [0.05, 0.1) is 14.2 Å². The molecule has 0 fully saturated rings. The molecule has 0 heterocycles. The predicted molar refractivity (Wildman–Crippen MR) is 116 cm³/mol. The number of aliphatic hydroxyl groups is 1. The Morgan fingerprint density at radius 2 is 1.69 bits per heavy atom. The van der Waals surface area contributed by atoms with Gasteiger partial charge in [0, 0.05) is 11.9 Å². The third-order valence-corrected chi connectivity index (χ3v) is 4.83. The first-order valence-electron chi connectivity index (χ1n) is 9.91. The molecular formula is C24H29NO4. The second kappa shape index (κ2) is 10.7. The topological polar surface area (TPSA) is 60.0 Å². The lowest BCUT2D eigenvalue weighted by Crippen LogP contribution is -2.32. The van der Waals surface area contributed by atoms with Crippen molar-refractivity contribution in [2.24, 2.45) is 0 Å². The molecule has 2 N–H and O–H groups in total. The van der Waals surface area contributed by atoms with Gasteiger partial charge in [0.25, 0.3) is 0 Å². The quantitative estimate of drug-likeness (QED) is 0.484. The van der Waals surface area contributed by atoms with E-state index in [1.807, 2.05) is 48.5 Å². The molecule has 0 aliphatic rings. The van der Waals surface area contributed by atoms with Crippen molar-refractivity contribution in [1.29, 1.82) is 0 Å². The van der Waals surface area contributed by atoms with Crippen LogP contribution in [0.5, 0.6) is 17.2 Å². The molecule has 3 aromatic rings. The van der Waals surface area contributed by atoms with Crippen LogP contribution in [0, 0.1) is 0 Å². The number of rotatable bonds is 11. The number of fused-ring (bicyclic) bond motifs is 1. The fraction of sp³-hybridized carbons (Fsp3) is 0.333. The molecule has 5 nitrogen and oxygen atoms in total. The molecular weight excluding hydrogens is 366 g/mol. The van der Waals surface area contributed by atoms with Gasteiger partial charge in [0.1, 0.15) is 18.5 Å². The summed E-state index contributed by atoms with van der Waals surface area (Å²) in [6.07, 6.45) is 1.33. The Labute approximate surface area is 172 Å². The SMILES string of the molecule is COc1ccc(CCCNCC(O)COc2cccc3ccccc23)cc1OC. The van der Waals surface area contributed by atoms with Gasteiger partial charge in [0.15, 0.2) is 11.5 Å². The normalized spacial score (nSPS) is 12.0. The van der Waals surface area contributed by atoms with E-state index < -0.39 is 6.10 Å². The third kappa shape index (κ3) is 5.86. The first-order valence-corrected chi connectivity index (χ1v) is 9.91. The summed E-state index contributed by atoms with van der Waals surface area (Å²) >= 11 is 0. The molecule has 3 aromatic carbocycles. The van der Waals surface area contributed by atoms with Crippen LogP contribution < -0.4 is 19.5 Å². The molecule has 154 valence electrons. The Morgan fingerprint density at radius 1 is 0.897 bits per heavy atom. The highest BCUT2D eigenvalue weighted by Crippen LogP contribution is 2.28. The lowest BCUT2D eigenvalue weighted by atomic mass is 10.1. The van der Waals surface area contributed by atoms with Crippen molar-refractivity contribution in [3.63, 3.8) is 0 Å². The van der Waals surface area contributed by atoms with Crippen molar-refractivity contribution >= 4 is 10.8 Å². The average Bonchev–Trinajstić information content (AvgIpc) is 2.77. The Kier molecular flexibility index (Phi) is 7.73. The van der Waals surface area contributed by atoms with Crippen molar-refractivity contribution in [3.8, 4) is 17.2 Å². The van der Waals surface area contributed by atoms with E-state index in [-0.39, 0.29) is 6.61 Å². The zero-order valence-electron chi connectivity index (χ0n) is 17.1. The lowest BCUT2D eigenvalue weighted by molar-refractivity contribution is 0.107. The molecule has 0 saturated heterocycles. The summed E-state index contributed by atoms with van der Waals surface area (Å²) < 4.78 is 16.4. The Bertz CT molecular complexity index is 907.